The average molecular weight is 451 g/mol. The lowest BCUT2D eigenvalue weighted by atomic mass is 9.96. The molecule has 0 saturated carbocycles. The molecule has 6 aromatic rings. The molecule has 2 N–H and O–H groups in total. The Labute approximate surface area is 203 Å². The lowest BCUT2D eigenvalue weighted by Crippen LogP contribution is -2.15. The first-order valence-electron chi connectivity index (χ1n) is 11.7. The van der Waals surface area contributed by atoms with Gasteiger partial charge in [-0.3, -0.25) is 0 Å². The molecule has 6 rings (SSSR count). The van der Waals surface area contributed by atoms with Crippen LogP contribution in [0.2, 0.25) is 0 Å². The molecule has 0 radical (unpaired) electrons. The Balaban J connectivity index is 1.64. The van der Waals surface area contributed by atoms with E-state index in [4.69, 9.17) is 0 Å². The molecule has 0 bridgehead atoms. The highest BCUT2D eigenvalue weighted by Gasteiger charge is 2.13. The molecule has 0 amide bonds. The number of hydrogen-bond acceptors (Lipinski definition) is 2. The van der Waals surface area contributed by atoms with E-state index in [1.807, 2.05) is 7.05 Å². The summed E-state index contributed by atoms with van der Waals surface area (Å²) in [6.45, 7) is 17.7. The van der Waals surface area contributed by atoms with Crippen molar-refractivity contribution in [2.24, 2.45) is 0 Å². The fraction of sp³-hybridized carbons (Fsp3) is 0.0303. The van der Waals surface area contributed by atoms with Gasteiger partial charge in [0.2, 0.25) is 0 Å². The van der Waals surface area contributed by atoms with E-state index in [9.17, 15) is 0 Å². The van der Waals surface area contributed by atoms with Crippen molar-refractivity contribution in [2.45, 2.75) is 0 Å². The van der Waals surface area contributed by atoms with Crippen LogP contribution >= 0.6 is 0 Å². The zero-order chi connectivity index (χ0) is 24.3. The molecule has 0 spiro atoms. The monoisotopic (exact) mass is 450 g/mol. The van der Waals surface area contributed by atoms with Crippen molar-refractivity contribution in [2.75, 3.05) is 17.7 Å². The Morgan fingerprint density at radius 3 is 1.60 bits per heavy atom. The first-order chi connectivity index (χ1) is 17.0. The maximum Gasteiger partial charge on any atom is 0.0705 e. The van der Waals surface area contributed by atoms with Crippen molar-refractivity contribution < 1.29 is 0 Å². The summed E-state index contributed by atoms with van der Waals surface area (Å²) in [6.07, 6.45) is 0. The van der Waals surface area contributed by atoms with E-state index in [1.54, 1.807) is 0 Å². The van der Waals surface area contributed by atoms with Crippen molar-refractivity contribution in [1.29, 1.82) is 0 Å². The van der Waals surface area contributed by atoms with Crippen molar-refractivity contribution in [3.63, 3.8) is 0 Å². The number of rotatable bonds is 3. The van der Waals surface area contributed by atoms with Gasteiger partial charge in [0.05, 0.1) is 11.4 Å². The normalized spacial score (nSPS) is 11.5. The highest BCUT2D eigenvalue weighted by molar-refractivity contribution is 6.09. The van der Waals surface area contributed by atoms with E-state index in [0.29, 0.717) is 0 Å². The van der Waals surface area contributed by atoms with Gasteiger partial charge in [0.25, 0.3) is 0 Å². The minimum absolute atomic E-state index is 0.985. The van der Waals surface area contributed by atoms with Crippen LogP contribution in [0.4, 0.5) is 17.1 Å². The van der Waals surface area contributed by atoms with Gasteiger partial charge < -0.3 is 10.6 Å². The predicted molar refractivity (Wildman–Crippen MR) is 156 cm³/mol. The quantitative estimate of drug-likeness (QED) is 0.337. The van der Waals surface area contributed by atoms with Gasteiger partial charge in [-0.1, -0.05) is 87.0 Å². The maximum absolute atomic E-state index is 4.49. The molecule has 0 aliphatic carbocycles. The maximum atomic E-state index is 4.49. The van der Waals surface area contributed by atoms with Crippen LogP contribution in [0.15, 0.2) is 78.9 Å². The van der Waals surface area contributed by atoms with E-state index >= 15 is 0 Å². The standard InChI is InChI=1S/C33H26N2/c1-19-24-10-6-7-12-26(24)21(3)30-18-23(14-15-28(19)30)35-33-31(34-5)17-16-29-20(2)25-11-8-9-13-27(25)22(4)32(29)33/h6-18,34-35H,1-4H2,5H3. The Bertz CT molecular complexity index is 2040. The van der Waals surface area contributed by atoms with Gasteiger partial charge in [0.1, 0.15) is 0 Å². The zero-order valence-electron chi connectivity index (χ0n) is 19.8. The minimum Gasteiger partial charge on any atom is -0.386 e. The van der Waals surface area contributed by atoms with E-state index in [2.05, 4.69) is 116 Å². The number of hydrogen-bond donors (Lipinski definition) is 2. The summed E-state index contributed by atoms with van der Waals surface area (Å²) in [4.78, 5) is 0. The fourth-order valence-electron chi connectivity index (χ4n) is 5.37. The lowest BCUT2D eigenvalue weighted by molar-refractivity contribution is 1.50. The molecular weight excluding hydrogens is 424 g/mol. The third kappa shape index (κ3) is 3.04. The van der Waals surface area contributed by atoms with Gasteiger partial charge in [-0.25, -0.2) is 0 Å². The van der Waals surface area contributed by atoms with Gasteiger partial charge in [0, 0.05) is 18.1 Å². The van der Waals surface area contributed by atoms with Crippen molar-refractivity contribution in [3.05, 3.63) is 99.7 Å². The first kappa shape index (κ1) is 21.0. The summed E-state index contributed by atoms with van der Waals surface area (Å²) in [6, 6.07) is 27.3. The second-order valence-electron chi connectivity index (χ2n) is 9.05. The molecule has 0 aliphatic heterocycles. The zero-order valence-corrected chi connectivity index (χ0v) is 19.8. The first-order valence-corrected chi connectivity index (χ1v) is 11.7. The van der Waals surface area contributed by atoms with Gasteiger partial charge in [-0.15, -0.1) is 0 Å². The summed E-state index contributed by atoms with van der Waals surface area (Å²) in [5, 5.41) is 20.0. The third-order valence-electron chi connectivity index (χ3n) is 7.20. The Morgan fingerprint density at radius 2 is 1.00 bits per heavy atom. The van der Waals surface area contributed by atoms with Crippen molar-refractivity contribution >= 4 is 86.5 Å². The smallest absolute Gasteiger partial charge is 0.0705 e. The largest absolute Gasteiger partial charge is 0.386 e. The molecule has 6 aromatic carbocycles. The van der Waals surface area contributed by atoms with E-state index in [-0.39, 0.29) is 0 Å². The molecule has 168 valence electrons. The molecule has 0 aromatic heterocycles. The fourth-order valence-corrected chi connectivity index (χ4v) is 5.37. The van der Waals surface area contributed by atoms with Crippen LogP contribution in [0.25, 0.3) is 69.4 Å². The van der Waals surface area contributed by atoms with Crippen LogP contribution < -0.4 is 31.5 Å². The topological polar surface area (TPSA) is 24.1 Å². The molecule has 0 atom stereocenters. The Hall–Kier alpha value is -4.56. The Kier molecular flexibility index (Phi) is 4.65. The van der Waals surface area contributed by atoms with E-state index in [0.717, 1.165) is 81.0 Å². The molecule has 0 unspecified atom stereocenters. The summed E-state index contributed by atoms with van der Waals surface area (Å²) < 4.78 is 0. The van der Waals surface area contributed by atoms with Crippen molar-refractivity contribution in [1.82, 2.24) is 0 Å². The third-order valence-corrected chi connectivity index (χ3v) is 7.20. The molecule has 0 saturated heterocycles. The molecule has 2 heteroatoms. The number of benzene rings is 6. The highest BCUT2D eigenvalue weighted by Crippen LogP contribution is 2.32. The average Bonchev–Trinajstić information content (AvgIpc) is 2.90. The van der Waals surface area contributed by atoms with Gasteiger partial charge >= 0.3 is 0 Å². The molecule has 2 nitrogen and oxygen atoms in total. The van der Waals surface area contributed by atoms with Crippen LogP contribution in [0.1, 0.15) is 0 Å². The van der Waals surface area contributed by atoms with Crippen molar-refractivity contribution in [3.8, 4) is 0 Å². The molecular formula is C33H26N2. The summed E-state index contributed by atoms with van der Waals surface area (Å²) >= 11 is 0. The van der Waals surface area contributed by atoms with Crippen LogP contribution in [0.5, 0.6) is 0 Å². The van der Waals surface area contributed by atoms with Gasteiger partial charge in [0.15, 0.2) is 0 Å². The number of nitrogens with one attached hydrogen (secondary N) is 2. The predicted octanol–water partition coefficient (Wildman–Crippen LogP) is 5.73. The Morgan fingerprint density at radius 1 is 0.514 bits per heavy atom. The molecule has 0 heterocycles. The lowest BCUT2D eigenvalue weighted by Gasteiger charge is -2.18. The van der Waals surface area contributed by atoms with Gasteiger partial charge in [-0.2, -0.15) is 0 Å². The molecule has 0 fully saturated rings. The van der Waals surface area contributed by atoms with E-state index < -0.39 is 0 Å². The van der Waals surface area contributed by atoms with Gasteiger partial charge in [-0.05, 0) is 76.8 Å². The van der Waals surface area contributed by atoms with Crippen LogP contribution in [0, 0.1) is 0 Å². The molecule has 35 heavy (non-hydrogen) atoms. The van der Waals surface area contributed by atoms with Crippen LogP contribution in [-0.2, 0) is 0 Å². The summed E-state index contributed by atoms with van der Waals surface area (Å²) in [5.41, 5.74) is 2.98. The summed E-state index contributed by atoms with van der Waals surface area (Å²) in [7, 11) is 1.94. The van der Waals surface area contributed by atoms with Crippen LogP contribution in [0.3, 0.4) is 0 Å². The summed E-state index contributed by atoms with van der Waals surface area (Å²) in [5.74, 6) is 0. The molecule has 0 aliphatic rings. The van der Waals surface area contributed by atoms with Crippen LogP contribution in [-0.4, -0.2) is 7.05 Å². The SMILES string of the molecule is C=c1c2ccccc2c(=C)c2cc(Nc3c(NC)ccc4c(=C)c5ccccc5c(=C)c34)ccc12. The van der Waals surface area contributed by atoms with E-state index in [1.165, 1.54) is 0 Å². The highest BCUT2D eigenvalue weighted by atomic mass is 14.9. The number of anilines is 3. The number of fused-ring (bicyclic) bond motifs is 4. The minimum atomic E-state index is 0.985. The second-order valence-corrected chi connectivity index (χ2v) is 9.05. The second kappa shape index (κ2) is 7.75.